The molecule has 0 amide bonds. The Morgan fingerprint density at radius 2 is 1.07 bits per heavy atom. The van der Waals surface area contributed by atoms with E-state index < -0.39 is 0 Å². The molecule has 3 rings (SSSR count). The Labute approximate surface area is 182 Å². The Kier molecular flexibility index (Phi) is 8.47. The van der Waals surface area contributed by atoms with Crippen molar-refractivity contribution in [3.8, 4) is 0 Å². The number of ether oxygens (including phenoxy) is 1. The van der Waals surface area contributed by atoms with Crippen molar-refractivity contribution in [2.45, 2.75) is 103 Å². The fraction of sp³-hybridized carbons (Fsp3) is 0.667. The number of unbranched alkanes of at least 4 members (excludes halogenated alkanes) is 8. The average Bonchev–Trinajstić information content (AvgIpc) is 3.28. The van der Waals surface area contributed by atoms with Gasteiger partial charge in [-0.1, -0.05) is 77.4 Å². The molecule has 2 unspecified atom stereocenters. The maximum absolute atomic E-state index is 6.27. The first-order chi connectivity index (χ1) is 13.2. The van der Waals surface area contributed by atoms with E-state index in [1.165, 1.54) is 95.4 Å². The zero-order valence-electron chi connectivity index (χ0n) is 17.0. The van der Waals surface area contributed by atoms with Crippen LogP contribution in [-0.2, 0) is 17.6 Å². The SMILES string of the molecule is CCCCCCCc1c(Br)c(Br)c(CCCCCCC)c2c1C1C=CC2O1. The fourth-order valence-electron chi connectivity index (χ4n) is 4.56. The lowest BCUT2D eigenvalue weighted by Crippen LogP contribution is -2.07. The van der Waals surface area contributed by atoms with E-state index in [0.717, 1.165) is 12.8 Å². The van der Waals surface area contributed by atoms with Crippen LogP contribution in [0, 0.1) is 0 Å². The standard InChI is InChI=1S/C24H34Br2O/c1-3-5-7-9-11-13-17-21-19-15-16-20(27-19)22(21)18(24(26)23(17)25)14-12-10-8-6-4-2/h15-16,19-20H,3-14H2,1-2H3. The largest absolute Gasteiger partial charge is 0.357 e. The summed E-state index contributed by atoms with van der Waals surface area (Å²) in [6, 6.07) is 0. The quantitative estimate of drug-likeness (QED) is 0.207. The number of fused-ring (bicyclic) bond motifs is 5. The summed E-state index contributed by atoms with van der Waals surface area (Å²) >= 11 is 7.89. The minimum Gasteiger partial charge on any atom is -0.357 e. The third kappa shape index (κ3) is 4.90. The van der Waals surface area contributed by atoms with Crippen molar-refractivity contribution < 1.29 is 4.74 Å². The molecule has 0 spiro atoms. The maximum atomic E-state index is 6.27. The summed E-state index contributed by atoms with van der Waals surface area (Å²) in [5, 5.41) is 0. The molecule has 2 atom stereocenters. The van der Waals surface area contributed by atoms with Crippen LogP contribution in [0.1, 0.15) is 113 Å². The Balaban J connectivity index is 1.78. The van der Waals surface area contributed by atoms with Gasteiger partial charge in [0.15, 0.2) is 0 Å². The van der Waals surface area contributed by atoms with Crippen molar-refractivity contribution in [2.75, 3.05) is 0 Å². The van der Waals surface area contributed by atoms with Gasteiger partial charge in [0.05, 0.1) is 0 Å². The first-order valence-electron chi connectivity index (χ1n) is 11.0. The minimum absolute atomic E-state index is 0.180. The van der Waals surface area contributed by atoms with Crippen LogP contribution >= 0.6 is 31.9 Å². The summed E-state index contributed by atoms with van der Waals surface area (Å²) in [4.78, 5) is 0. The Morgan fingerprint density at radius 1 is 0.667 bits per heavy atom. The third-order valence-electron chi connectivity index (χ3n) is 6.05. The van der Waals surface area contributed by atoms with E-state index >= 15 is 0 Å². The molecule has 2 aliphatic heterocycles. The molecule has 0 fully saturated rings. The van der Waals surface area contributed by atoms with Crippen LogP contribution in [0.25, 0.3) is 0 Å². The molecule has 0 aliphatic carbocycles. The zero-order valence-corrected chi connectivity index (χ0v) is 20.1. The van der Waals surface area contributed by atoms with E-state index in [0.29, 0.717) is 0 Å². The van der Waals surface area contributed by atoms with Crippen LogP contribution in [-0.4, -0.2) is 0 Å². The highest BCUT2D eigenvalue weighted by molar-refractivity contribution is 9.13. The Hall–Kier alpha value is -0.120. The summed E-state index contributed by atoms with van der Waals surface area (Å²) in [7, 11) is 0. The minimum atomic E-state index is 0.180. The number of benzene rings is 1. The van der Waals surface area contributed by atoms with Crippen molar-refractivity contribution in [2.24, 2.45) is 0 Å². The Morgan fingerprint density at radius 3 is 1.48 bits per heavy atom. The van der Waals surface area contributed by atoms with Gasteiger partial charge < -0.3 is 4.74 Å². The second-order valence-corrected chi connectivity index (χ2v) is 9.69. The van der Waals surface area contributed by atoms with Crippen LogP contribution in [0.2, 0.25) is 0 Å². The normalized spacial score (nSPS) is 19.9. The molecule has 0 aromatic heterocycles. The molecule has 0 radical (unpaired) electrons. The van der Waals surface area contributed by atoms with Gasteiger partial charge in [0, 0.05) is 8.95 Å². The topological polar surface area (TPSA) is 9.23 Å². The van der Waals surface area contributed by atoms with Crippen molar-refractivity contribution in [3.05, 3.63) is 43.4 Å². The highest BCUT2D eigenvalue weighted by Crippen LogP contribution is 2.53. The van der Waals surface area contributed by atoms with Gasteiger partial charge in [0.1, 0.15) is 12.2 Å². The van der Waals surface area contributed by atoms with Gasteiger partial charge in [-0.25, -0.2) is 0 Å². The molecule has 0 N–H and O–H groups in total. The monoisotopic (exact) mass is 496 g/mol. The molecule has 2 heterocycles. The smallest absolute Gasteiger partial charge is 0.103 e. The molecule has 0 saturated heterocycles. The van der Waals surface area contributed by atoms with E-state index in [4.69, 9.17) is 4.74 Å². The van der Waals surface area contributed by atoms with Gasteiger partial charge in [0.25, 0.3) is 0 Å². The summed E-state index contributed by atoms with van der Waals surface area (Å²) in [6.45, 7) is 4.56. The van der Waals surface area contributed by atoms with E-state index in [9.17, 15) is 0 Å². The van der Waals surface area contributed by atoms with Gasteiger partial charge in [-0.2, -0.15) is 0 Å². The second kappa shape index (κ2) is 10.6. The molecule has 2 aliphatic rings. The van der Waals surface area contributed by atoms with E-state index in [-0.39, 0.29) is 12.2 Å². The molecule has 27 heavy (non-hydrogen) atoms. The summed E-state index contributed by atoms with van der Waals surface area (Å²) in [5.74, 6) is 0. The summed E-state index contributed by atoms with van der Waals surface area (Å²) in [5.41, 5.74) is 5.94. The fourth-order valence-corrected chi connectivity index (χ4v) is 5.86. The third-order valence-corrected chi connectivity index (χ3v) is 8.33. The molecule has 0 saturated carbocycles. The number of rotatable bonds is 12. The van der Waals surface area contributed by atoms with Gasteiger partial charge in [-0.3, -0.25) is 0 Å². The van der Waals surface area contributed by atoms with Crippen LogP contribution in [0.15, 0.2) is 21.1 Å². The van der Waals surface area contributed by atoms with Gasteiger partial charge in [-0.05, 0) is 79.8 Å². The van der Waals surface area contributed by atoms with Crippen LogP contribution < -0.4 is 0 Å². The van der Waals surface area contributed by atoms with Gasteiger partial charge in [0.2, 0.25) is 0 Å². The van der Waals surface area contributed by atoms with Crippen molar-refractivity contribution >= 4 is 31.9 Å². The maximum Gasteiger partial charge on any atom is 0.103 e. The van der Waals surface area contributed by atoms with E-state index in [2.05, 4.69) is 57.9 Å². The van der Waals surface area contributed by atoms with Crippen molar-refractivity contribution in [1.29, 1.82) is 0 Å². The highest BCUT2D eigenvalue weighted by Gasteiger charge is 2.39. The van der Waals surface area contributed by atoms with Crippen molar-refractivity contribution in [1.82, 2.24) is 0 Å². The number of hydrogen-bond acceptors (Lipinski definition) is 1. The van der Waals surface area contributed by atoms with Gasteiger partial charge >= 0.3 is 0 Å². The molecule has 1 nitrogen and oxygen atoms in total. The molecule has 2 bridgehead atoms. The van der Waals surface area contributed by atoms with E-state index in [1.54, 1.807) is 0 Å². The highest BCUT2D eigenvalue weighted by atomic mass is 79.9. The lowest BCUT2D eigenvalue weighted by molar-refractivity contribution is 0.0873. The number of hydrogen-bond donors (Lipinski definition) is 0. The second-order valence-electron chi connectivity index (χ2n) is 8.10. The summed E-state index contributed by atoms with van der Waals surface area (Å²) < 4.78 is 8.84. The predicted molar refractivity (Wildman–Crippen MR) is 122 cm³/mol. The average molecular weight is 498 g/mol. The molecule has 1 aromatic rings. The number of halogens is 2. The van der Waals surface area contributed by atoms with Gasteiger partial charge in [-0.15, -0.1) is 0 Å². The zero-order chi connectivity index (χ0) is 19.2. The predicted octanol–water partition coefficient (Wildman–Crippen LogP) is 8.92. The van der Waals surface area contributed by atoms with Crippen LogP contribution in [0.5, 0.6) is 0 Å². The first-order valence-corrected chi connectivity index (χ1v) is 12.6. The lowest BCUT2D eigenvalue weighted by atomic mass is 9.85. The van der Waals surface area contributed by atoms with Crippen LogP contribution in [0.4, 0.5) is 0 Å². The molecule has 3 heteroatoms. The van der Waals surface area contributed by atoms with Crippen LogP contribution in [0.3, 0.4) is 0 Å². The van der Waals surface area contributed by atoms with Crippen molar-refractivity contribution in [3.63, 3.8) is 0 Å². The molecule has 150 valence electrons. The molecular weight excluding hydrogens is 464 g/mol. The molecular formula is C24H34Br2O. The first kappa shape index (κ1) is 21.6. The molecule has 1 aromatic carbocycles. The van der Waals surface area contributed by atoms with E-state index in [1.807, 2.05) is 0 Å². The summed E-state index contributed by atoms with van der Waals surface area (Å²) in [6.07, 6.45) is 20.4. The lowest BCUT2D eigenvalue weighted by Gasteiger charge is -2.22. The Bertz CT molecular complexity index is 610.